The van der Waals surface area contributed by atoms with E-state index in [1.165, 1.54) is 0 Å². The van der Waals surface area contributed by atoms with Gasteiger partial charge in [0, 0.05) is 57.1 Å². The fraction of sp³-hybridized carbons (Fsp3) is 0.778. The van der Waals surface area contributed by atoms with Crippen molar-refractivity contribution in [3.8, 4) is 0 Å². The first-order valence-corrected chi connectivity index (χ1v) is 9.26. The van der Waals surface area contributed by atoms with Crippen LogP contribution < -0.4 is 9.80 Å². The third-order valence-electron chi connectivity index (χ3n) is 5.26. The molecule has 1 N–H and O–H groups in total. The molecule has 25 heavy (non-hydrogen) atoms. The largest absolute Gasteiger partial charge is 0.396 e. The van der Waals surface area contributed by atoms with Gasteiger partial charge in [0.05, 0.1) is 19.8 Å². The van der Waals surface area contributed by atoms with Crippen molar-refractivity contribution in [2.75, 3.05) is 69.5 Å². The summed E-state index contributed by atoms with van der Waals surface area (Å²) in [6, 6.07) is 2.06. The van der Waals surface area contributed by atoms with Gasteiger partial charge in [0.15, 0.2) is 0 Å². The topological polar surface area (TPSA) is 71.0 Å². The second kappa shape index (κ2) is 8.29. The predicted octanol–water partition coefficient (Wildman–Crippen LogP) is 1.10. The molecule has 0 saturated carbocycles. The van der Waals surface area contributed by atoms with Crippen molar-refractivity contribution in [2.45, 2.75) is 26.2 Å². The Hall–Kier alpha value is -1.44. The summed E-state index contributed by atoms with van der Waals surface area (Å²) >= 11 is 0. The number of aliphatic hydroxyl groups excluding tert-OH is 1. The highest BCUT2D eigenvalue weighted by atomic mass is 16.5. The third-order valence-corrected chi connectivity index (χ3v) is 5.26. The number of nitrogens with zero attached hydrogens (tertiary/aromatic N) is 4. The lowest BCUT2D eigenvalue weighted by molar-refractivity contribution is -0.0113. The summed E-state index contributed by atoms with van der Waals surface area (Å²) in [5, 5.41) is 9.96. The van der Waals surface area contributed by atoms with E-state index in [1.807, 2.05) is 0 Å². The van der Waals surface area contributed by atoms with Crippen LogP contribution in [0.5, 0.6) is 0 Å². The molecule has 2 saturated heterocycles. The minimum absolute atomic E-state index is 0.108. The van der Waals surface area contributed by atoms with E-state index in [1.54, 1.807) is 0 Å². The molecule has 3 heterocycles. The van der Waals surface area contributed by atoms with Crippen LogP contribution in [0.3, 0.4) is 0 Å². The number of ether oxygens (including phenoxy) is 2. The predicted molar refractivity (Wildman–Crippen MR) is 97.3 cm³/mol. The van der Waals surface area contributed by atoms with E-state index in [0.29, 0.717) is 0 Å². The summed E-state index contributed by atoms with van der Waals surface area (Å²) < 4.78 is 10.9. The quantitative estimate of drug-likeness (QED) is 0.824. The monoisotopic (exact) mass is 350 g/mol. The first-order valence-electron chi connectivity index (χ1n) is 9.26. The van der Waals surface area contributed by atoms with E-state index in [0.717, 1.165) is 82.8 Å². The van der Waals surface area contributed by atoms with Crippen molar-refractivity contribution in [1.29, 1.82) is 0 Å². The van der Waals surface area contributed by atoms with E-state index >= 15 is 0 Å². The number of aromatic nitrogens is 2. The molecule has 2 aliphatic heterocycles. The Bertz CT molecular complexity index is 557. The lowest BCUT2D eigenvalue weighted by atomic mass is 9.80. The van der Waals surface area contributed by atoms with E-state index in [-0.39, 0.29) is 12.0 Å². The van der Waals surface area contributed by atoms with Crippen molar-refractivity contribution >= 4 is 11.8 Å². The summed E-state index contributed by atoms with van der Waals surface area (Å²) in [4.78, 5) is 13.9. The second-order valence-corrected chi connectivity index (χ2v) is 7.10. The van der Waals surface area contributed by atoms with Gasteiger partial charge in [-0.2, -0.15) is 4.98 Å². The first kappa shape index (κ1) is 18.4. The Morgan fingerprint density at radius 3 is 2.48 bits per heavy atom. The second-order valence-electron chi connectivity index (χ2n) is 7.10. The van der Waals surface area contributed by atoms with Crippen LogP contribution in [0.4, 0.5) is 11.8 Å². The molecule has 2 aliphatic rings. The maximum atomic E-state index is 9.96. The lowest BCUT2D eigenvalue weighted by Gasteiger charge is -2.39. The van der Waals surface area contributed by atoms with Crippen molar-refractivity contribution in [3.05, 3.63) is 11.8 Å². The molecule has 0 radical (unpaired) electrons. The van der Waals surface area contributed by atoms with Gasteiger partial charge in [0.1, 0.15) is 5.82 Å². The highest BCUT2D eigenvalue weighted by molar-refractivity contribution is 5.46. The van der Waals surface area contributed by atoms with Crippen LogP contribution in [0.25, 0.3) is 0 Å². The molecule has 0 amide bonds. The molecule has 0 aliphatic carbocycles. The van der Waals surface area contributed by atoms with E-state index in [2.05, 4.69) is 29.8 Å². The summed E-state index contributed by atoms with van der Waals surface area (Å²) in [6.07, 6.45) is 2.64. The molecule has 1 aromatic rings. The number of rotatable bonds is 6. The third kappa shape index (κ3) is 4.40. The van der Waals surface area contributed by atoms with Gasteiger partial charge in [-0.3, -0.25) is 0 Å². The van der Waals surface area contributed by atoms with Crippen LogP contribution >= 0.6 is 0 Å². The van der Waals surface area contributed by atoms with E-state index < -0.39 is 0 Å². The fourth-order valence-electron chi connectivity index (χ4n) is 3.51. The Balaban J connectivity index is 1.79. The molecule has 0 unspecified atom stereocenters. The maximum Gasteiger partial charge on any atom is 0.227 e. The normalized spacial score (nSPS) is 20.5. The van der Waals surface area contributed by atoms with Gasteiger partial charge in [0.25, 0.3) is 0 Å². The van der Waals surface area contributed by atoms with Gasteiger partial charge in [-0.15, -0.1) is 0 Å². The number of aryl methyl sites for hydroxylation is 1. The molecule has 7 heteroatoms. The molecular weight excluding hydrogens is 320 g/mol. The lowest BCUT2D eigenvalue weighted by Crippen LogP contribution is -2.43. The number of hydrogen-bond donors (Lipinski definition) is 1. The minimum Gasteiger partial charge on any atom is -0.396 e. The van der Waals surface area contributed by atoms with Gasteiger partial charge in [0.2, 0.25) is 5.95 Å². The zero-order valence-electron chi connectivity index (χ0n) is 15.4. The van der Waals surface area contributed by atoms with Crippen molar-refractivity contribution in [2.24, 2.45) is 5.41 Å². The van der Waals surface area contributed by atoms with Crippen LogP contribution in [0.15, 0.2) is 6.07 Å². The maximum absolute atomic E-state index is 9.96. The van der Waals surface area contributed by atoms with E-state index in [4.69, 9.17) is 19.4 Å². The summed E-state index contributed by atoms with van der Waals surface area (Å²) in [7, 11) is 2.05. The number of anilines is 2. The Morgan fingerprint density at radius 1 is 1.16 bits per heavy atom. The molecule has 140 valence electrons. The van der Waals surface area contributed by atoms with Crippen LogP contribution in [0.2, 0.25) is 0 Å². The highest BCUT2D eigenvalue weighted by Crippen LogP contribution is 2.32. The summed E-state index contributed by atoms with van der Waals surface area (Å²) in [5.41, 5.74) is 0.937. The number of hydrogen-bond acceptors (Lipinski definition) is 7. The van der Waals surface area contributed by atoms with Gasteiger partial charge < -0.3 is 24.4 Å². The zero-order valence-corrected chi connectivity index (χ0v) is 15.4. The Morgan fingerprint density at radius 2 is 1.84 bits per heavy atom. The zero-order chi connectivity index (χ0) is 17.7. The summed E-state index contributed by atoms with van der Waals surface area (Å²) in [6.45, 7) is 7.61. The van der Waals surface area contributed by atoms with Crippen LogP contribution in [0, 0.1) is 5.41 Å². The molecule has 2 fully saturated rings. The molecular formula is C18H30N4O3. The number of aliphatic hydroxyl groups is 1. The average Bonchev–Trinajstić information content (AvgIpc) is 2.69. The van der Waals surface area contributed by atoms with Crippen molar-refractivity contribution < 1.29 is 14.6 Å². The highest BCUT2D eigenvalue weighted by Gasteiger charge is 2.33. The molecule has 3 rings (SSSR count). The SMILES string of the molecule is CCc1cc(N(C)CC2(CO)CCOCC2)nc(N2CCOCC2)n1. The fourth-order valence-corrected chi connectivity index (χ4v) is 3.51. The minimum atomic E-state index is -0.108. The van der Waals surface area contributed by atoms with Crippen molar-refractivity contribution in [1.82, 2.24) is 9.97 Å². The average molecular weight is 350 g/mol. The first-order chi connectivity index (χ1) is 12.2. The summed E-state index contributed by atoms with van der Waals surface area (Å²) in [5.74, 6) is 1.71. The molecule has 0 bridgehead atoms. The van der Waals surface area contributed by atoms with Gasteiger partial charge in [-0.1, -0.05) is 6.92 Å². The molecule has 0 aromatic carbocycles. The molecule has 1 aromatic heterocycles. The standard InChI is InChI=1S/C18H30N4O3/c1-3-15-12-16(20-17(19-15)22-6-10-25-11-7-22)21(2)13-18(14-23)4-8-24-9-5-18/h12,23H,3-11,13-14H2,1-2H3. The van der Waals surface area contributed by atoms with Crippen molar-refractivity contribution in [3.63, 3.8) is 0 Å². The Labute approximate surface area is 150 Å². The van der Waals surface area contributed by atoms with Crippen LogP contribution in [-0.2, 0) is 15.9 Å². The van der Waals surface area contributed by atoms with Gasteiger partial charge in [-0.05, 0) is 19.3 Å². The van der Waals surface area contributed by atoms with Gasteiger partial charge in [-0.25, -0.2) is 4.98 Å². The van der Waals surface area contributed by atoms with E-state index in [9.17, 15) is 5.11 Å². The molecule has 0 atom stereocenters. The van der Waals surface area contributed by atoms with Crippen LogP contribution in [0.1, 0.15) is 25.5 Å². The molecule has 7 nitrogen and oxygen atoms in total. The smallest absolute Gasteiger partial charge is 0.227 e. The van der Waals surface area contributed by atoms with Crippen LogP contribution in [-0.4, -0.2) is 74.8 Å². The molecule has 0 spiro atoms. The van der Waals surface area contributed by atoms with Gasteiger partial charge >= 0.3 is 0 Å². The number of morpholine rings is 1. The Kier molecular flexibility index (Phi) is 6.09.